The quantitative estimate of drug-likeness (QED) is 0.936. The van der Waals surface area contributed by atoms with E-state index in [1.54, 1.807) is 11.3 Å². The Kier molecular flexibility index (Phi) is 3.56. The number of aryl methyl sites for hydroxylation is 1. The molecule has 5 heteroatoms. The molecular formula is C10H12BrN3S. The molecule has 0 radical (unpaired) electrons. The third-order valence-electron chi connectivity index (χ3n) is 2.21. The molecule has 0 saturated heterocycles. The Hall–Kier alpha value is -0.650. The van der Waals surface area contributed by atoms with Gasteiger partial charge in [-0.15, -0.1) is 11.3 Å². The van der Waals surface area contributed by atoms with Crippen molar-refractivity contribution in [2.24, 2.45) is 7.05 Å². The van der Waals surface area contributed by atoms with Crippen LogP contribution in [0.5, 0.6) is 0 Å². The Morgan fingerprint density at radius 3 is 2.93 bits per heavy atom. The van der Waals surface area contributed by atoms with Gasteiger partial charge in [-0.3, -0.25) is 4.68 Å². The molecular weight excluding hydrogens is 274 g/mol. The predicted molar refractivity (Wildman–Crippen MR) is 65.8 cm³/mol. The minimum Gasteiger partial charge on any atom is -0.306 e. The summed E-state index contributed by atoms with van der Waals surface area (Å²) in [6.07, 6.45) is 1.82. The summed E-state index contributed by atoms with van der Waals surface area (Å²) in [5.74, 6) is 0. The van der Waals surface area contributed by atoms with Crippen LogP contribution in [0.25, 0.3) is 0 Å². The molecule has 1 N–H and O–H groups in total. The Balaban J connectivity index is 1.86. The molecule has 2 heterocycles. The molecule has 0 fully saturated rings. The molecule has 2 aromatic rings. The summed E-state index contributed by atoms with van der Waals surface area (Å²) in [6.45, 7) is 1.74. The third kappa shape index (κ3) is 2.68. The highest BCUT2D eigenvalue weighted by Crippen LogP contribution is 2.22. The van der Waals surface area contributed by atoms with Gasteiger partial charge in [0.15, 0.2) is 0 Å². The van der Waals surface area contributed by atoms with Crippen molar-refractivity contribution >= 4 is 27.3 Å². The van der Waals surface area contributed by atoms with Crippen molar-refractivity contribution in [2.75, 3.05) is 0 Å². The lowest BCUT2D eigenvalue weighted by Gasteiger charge is -2.04. The van der Waals surface area contributed by atoms with Gasteiger partial charge in [0.2, 0.25) is 0 Å². The first-order valence-corrected chi connectivity index (χ1v) is 6.34. The number of thiophene rings is 1. The summed E-state index contributed by atoms with van der Waals surface area (Å²) < 4.78 is 3.07. The van der Waals surface area contributed by atoms with E-state index in [2.05, 4.69) is 37.8 Å². The maximum Gasteiger partial charge on any atom is 0.0518 e. The lowest BCUT2D eigenvalue weighted by molar-refractivity contribution is 0.629. The highest BCUT2D eigenvalue weighted by atomic mass is 79.9. The fraction of sp³-hybridized carbons (Fsp3) is 0.300. The fourth-order valence-electron chi connectivity index (χ4n) is 1.33. The zero-order chi connectivity index (χ0) is 10.7. The van der Waals surface area contributed by atoms with Crippen molar-refractivity contribution < 1.29 is 0 Å². The average molecular weight is 286 g/mol. The molecule has 3 nitrogen and oxygen atoms in total. The summed E-state index contributed by atoms with van der Waals surface area (Å²) in [7, 11) is 1.96. The number of hydrogen-bond acceptors (Lipinski definition) is 3. The third-order valence-corrected chi connectivity index (χ3v) is 4.13. The molecule has 0 saturated carbocycles. The second-order valence-electron chi connectivity index (χ2n) is 3.24. The Morgan fingerprint density at radius 2 is 2.33 bits per heavy atom. The van der Waals surface area contributed by atoms with Crippen LogP contribution in [-0.2, 0) is 20.1 Å². The van der Waals surface area contributed by atoms with Crippen LogP contribution in [0, 0.1) is 0 Å². The molecule has 0 amide bonds. The van der Waals surface area contributed by atoms with Crippen LogP contribution in [0.15, 0.2) is 28.2 Å². The lowest BCUT2D eigenvalue weighted by atomic mass is 10.4. The predicted octanol–water partition coefficient (Wildman–Crippen LogP) is 2.53. The SMILES string of the molecule is Cn1nccc1CNCc1sccc1Br. The van der Waals surface area contributed by atoms with E-state index in [-0.39, 0.29) is 0 Å². The van der Waals surface area contributed by atoms with Crippen molar-refractivity contribution in [1.29, 1.82) is 0 Å². The lowest BCUT2D eigenvalue weighted by Crippen LogP contribution is -2.14. The van der Waals surface area contributed by atoms with Crippen LogP contribution in [0.3, 0.4) is 0 Å². The second kappa shape index (κ2) is 4.92. The molecule has 15 heavy (non-hydrogen) atoms. The highest BCUT2D eigenvalue weighted by molar-refractivity contribution is 9.10. The van der Waals surface area contributed by atoms with Gasteiger partial charge in [0.05, 0.1) is 5.69 Å². The van der Waals surface area contributed by atoms with Crippen molar-refractivity contribution in [2.45, 2.75) is 13.1 Å². The Labute approximate surface area is 101 Å². The smallest absolute Gasteiger partial charge is 0.0518 e. The number of hydrogen-bond donors (Lipinski definition) is 1. The molecule has 2 rings (SSSR count). The maximum atomic E-state index is 4.12. The largest absolute Gasteiger partial charge is 0.306 e. The maximum absolute atomic E-state index is 4.12. The zero-order valence-corrected chi connectivity index (χ0v) is 10.8. The first-order chi connectivity index (χ1) is 7.27. The molecule has 0 bridgehead atoms. The second-order valence-corrected chi connectivity index (χ2v) is 5.10. The van der Waals surface area contributed by atoms with Gasteiger partial charge in [0.25, 0.3) is 0 Å². The van der Waals surface area contributed by atoms with E-state index in [0.717, 1.165) is 13.1 Å². The van der Waals surface area contributed by atoms with E-state index < -0.39 is 0 Å². The molecule has 2 aromatic heterocycles. The number of aromatic nitrogens is 2. The van der Waals surface area contributed by atoms with E-state index in [9.17, 15) is 0 Å². The molecule has 0 atom stereocenters. The fourth-order valence-corrected chi connectivity index (χ4v) is 2.79. The first-order valence-electron chi connectivity index (χ1n) is 4.67. The number of nitrogens with one attached hydrogen (secondary N) is 1. The number of nitrogens with zero attached hydrogens (tertiary/aromatic N) is 2. The van der Waals surface area contributed by atoms with Crippen molar-refractivity contribution in [3.8, 4) is 0 Å². The van der Waals surface area contributed by atoms with E-state index in [1.807, 2.05) is 24.0 Å². The van der Waals surface area contributed by atoms with Gasteiger partial charge in [-0.1, -0.05) is 0 Å². The van der Waals surface area contributed by atoms with Crippen LogP contribution in [0.2, 0.25) is 0 Å². The summed E-state index contributed by atoms with van der Waals surface area (Å²) >= 11 is 5.27. The number of halogens is 1. The molecule has 80 valence electrons. The summed E-state index contributed by atoms with van der Waals surface area (Å²) in [5, 5.41) is 9.60. The summed E-state index contributed by atoms with van der Waals surface area (Å²) in [4.78, 5) is 1.33. The van der Waals surface area contributed by atoms with Crippen LogP contribution >= 0.6 is 27.3 Å². The zero-order valence-electron chi connectivity index (χ0n) is 8.40. The van der Waals surface area contributed by atoms with E-state index in [1.165, 1.54) is 15.0 Å². The van der Waals surface area contributed by atoms with Gasteiger partial charge in [-0.05, 0) is 33.4 Å². The minimum atomic E-state index is 0.848. The van der Waals surface area contributed by atoms with E-state index in [0.29, 0.717) is 0 Å². The van der Waals surface area contributed by atoms with E-state index in [4.69, 9.17) is 0 Å². The standard InChI is InChI=1S/C10H12BrN3S/c1-14-8(2-4-13-14)6-12-7-10-9(11)3-5-15-10/h2-5,12H,6-7H2,1H3. The van der Waals surface area contributed by atoms with Crippen LogP contribution in [-0.4, -0.2) is 9.78 Å². The first kappa shape index (κ1) is 10.9. The Bertz CT molecular complexity index is 395. The molecule has 0 aliphatic carbocycles. The summed E-state index contributed by atoms with van der Waals surface area (Å²) in [6, 6.07) is 4.10. The van der Waals surface area contributed by atoms with Crippen molar-refractivity contribution in [3.63, 3.8) is 0 Å². The van der Waals surface area contributed by atoms with Crippen LogP contribution < -0.4 is 5.32 Å². The molecule has 0 aromatic carbocycles. The van der Waals surface area contributed by atoms with Crippen molar-refractivity contribution in [1.82, 2.24) is 15.1 Å². The normalized spacial score (nSPS) is 10.8. The van der Waals surface area contributed by atoms with Crippen LogP contribution in [0.4, 0.5) is 0 Å². The molecule has 0 aliphatic rings. The topological polar surface area (TPSA) is 29.9 Å². The number of rotatable bonds is 4. The Morgan fingerprint density at radius 1 is 1.47 bits per heavy atom. The van der Waals surface area contributed by atoms with Crippen molar-refractivity contribution in [3.05, 3.63) is 38.8 Å². The summed E-state index contributed by atoms with van der Waals surface area (Å²) in [5.41, 5.74) is 1.20. The van der Waals surface area contributed by atoms with Crippen LogP contribution in [0.1, 0.15) is 10.6 Å². The van der Waals surface area contributed by atoms with Gasteiger partial charge >= 0.3 is 0 Å². The van der Waals surface area contributed by atoms with Gasteiger partial charge in [0, 0.05) is 35.7 Å². The minimum absolute atomic E-state index is 0.848. The van der Waals surface area contributed by atoms with E-state index >= 15 is 0 Å². The molecule has 0 unspecified atom stereocenters. The molecule has 0 aliphatic heterocycles. The van der Waals surface area contributed by atoms with Gasteiger partial charge in [-0.2, -0.15) is 5.10 Å². The van der Waals surface area contributed by atoms with Gasteiger partial charge in [0.1, 0.15) is 0 Å². The molecule has 0 spiro atoms. The monoisotopic (exact) mass is 285 g/mol. The highest BCUT2D eigenvalue weighted by Gasteiger charge is 2.01. The van der Waals surface area contributed by atoms with Gasteiger partial charge < -0.3 is 5.32 Å². The van der Waals surface area contributed by atoms with Gasteiger partial charge in [-0.25, -0.2) is 0 Å². The average Bonchev–Trinajstić information content (AvgIpc) is 2.78.